The fourth-order valence-electron chi connectivity index (χ4n) is 2.71. The van der Waals surface area contributed by atoms with Crippen LogP contribution in [0.25, 0.3) is 0 Å². The molecular formula is C14H21F2N2O7P. The van der Waals surface area contributed by atoms with Crippen molar-refractivity contribution in [2.45, 2.75) is 44.2 Å². The number of aromatic amines is 1. The molecule has 1 aromatic rings. The number of ether oxygens (including phenoxy) is 1. The minimum absolute atomic E-state index is 0.253. The Labute approximate surface area is 147 Å². The van der Waals surface area contributed by atoms with Gasteiger partial charge in [-0.15, -0.1) is 0 Å². The molecule has 1 fully saturated rings. The number of nitrogens with zero attached hydrogens (tertiary/aromatic N) is 1. The van der Waals surface area contributed by atoms with Gasteiger partial charge in [-0.3, -0.25) is 18.9 Å². The maximum absolute atomic E-state index is 14.6. The van der Waals surface area contributed by atoms with Crippen molar-refractivity contribution in [1.29, 1.82) is 0 Å². The summed E-state index contributed by atoms with van der Waals surface area (Å²) < 4.78 is 57.0. The van der Waals surface area contributed by atoms with Gasteiger partial charge in [0.2, 0.25) is 0 Å². The van der Waals surface area contributed by atoms with Gasteiger partial charge in [-0.05, 0) is 13.8 Å². The molecule has 2 heterocycles. The van der Waals surface area contributed by atoms with Crippen LogP contribution in [0.2, 0.25) is 0 Å². The molecule has 148 valence electrons. The van der Waals surface area contributed by atoms with Gasteiger partial charge in [-0.1, -0.05) is 0 Å². The molecule has 0 radical (unpaired) electrons. The van der Waals surface area contributed by atoms with Crippen LogP contribution < -0.4 is 11.2 Å². The van der Waals surface area contributed by atoms with E-state index in [2.05, 4.69) is 9.05 Å². The molecule has 1 aliphatic heterocycles. The Hall–Kier alpha value is -1.39. The van der Waals surface area contributed by atoms with Gasteiger partial charge in [0.05, 0.1) is 31.8 Å². The average Bonchev–Trinajstić information content (AvgIpc) is 2.88. The fourth-order valence-corrected chi connectivity index (χ4v) is 4.33. The lowest BCUT2D eigenvalue weighted by atomic mass is 9.98. The summed E-state index contributed by atoms with van der Waals surface area (Å²) in [6, 6.07) is 1.06. The number of nitrogens with one attached hydrogen (secondary N) is 1. The third-order valence-electron chi connectivity index (χ3n) is 3.80. The van der Waals surface area contributed by atoms with Crippen LogP contribution in [0.1, 0.15) is 32.9 Å². The number of halogens is 2. The zero-order valence-electron chi connectivity index (χ0n) is 14.3. The molecule has 0 saturated carbocycles. The molecule has 12 heteroatoms. The van der Waals surface area contributed by atoms with E-state index in [-0.39, 0.29) is 19.6 Å². The predicted molar refractivity (Wildman–Crippen MR) is 86.3 cm³/mol. The van der Waals surface area contributed by atoms with E-state index in [1.165, 1.54) is 13.8 Å². The summed E-state index contributed by atoms with van der Waals surface area (Å²) in [6.07, 6.45) is -1.52. The minimum Gasteiger partial charge on any atom is -0.387 e. The first-order valence-electron chi connectivity index (χ1n) is 7.98. The summed E-state index contributed by atoms with van der Waals surface area (Å²) in [5.74, 6) is 0. The number of rotatable bonds is 8. The number of alkyl halides is 2. The second-order valence-corrected chi connectivity index (χ2v) is 8.05. The molecular weight excluding hydrogens is 377 g/mol. The van der Waals surface area contributed by atoms with Crippen LogP contribution in [0.4, 0.5) is 8.78 Å². The first-order valence-corrected chi connectivity index (χ1v) is 9.52. The quantitative estimate of drug-likeness (QED) is 0.636. The third-order valence-corrected chi connectivity index (χ3v) is 5.96. The molecule has 0 bridgehead atoms. The lowest BCUT2D eigenvalue weighted by Gasteiger charge is -2.31. The van der Waals surface area contributed by atoms with Gasteiger partial charge in [0, 0.05) is 18.7 Å². The molecule has 0 aromatic carbocycles. The number of H-pyrrole nitrogens is 1. The Morgan fingerprint density at radius 1 is 1.42 bits per heavy atom. The van der Waals surface area contributed by atoms with Crippen molar-refractivity contribution in [3.05, 3.63) is 33.1 Å². The summed E-state index contributed by atoms with van der Waals surface area (Å²) >= 11 is 0. The van der Waals surface area contributed by atoms with E-state index in [0.717, 1.165) is 16.8 Å². The van der Waals surface area contributed by atoms with Crippen LogP contribution in [-0.4, -0.2) is 45.7 Å². The molecule has 2 atom stereocenters. The number of aliphatic hydroxyl groups is 1. The summed E-state index contributed by atoms with van der Waals surface area (Å²) in [5, 5.41) is 10.5. The second-order valence-electron chi connectivity index (χ2n) is 5.89. The maximum atomic E-state index is 14.6. The van der Waals surface area contributed by atoms with Crippen molar-refractivity contribution in [3.63, 3.8) is 0 Å². The minimum atomic E-state index is -4.79. The van der Waals surface area contributed by atoms with E-state index in [9.17, 15) is 28.0 Å². The van der Waals surface area contributed by atoms with Gasteiger partial charge in [-0.25, -0.2) is 4.79 Å². The summed E-state index contributed by atoms with van der Waals surface area (Å²) in [4.78, 5) is 24.9. The molecule has 1 aromatic heterocycles. The van der Waals surface area contributed by atoms with Gasteiger partial charge in [0.25, 0.3) is 5.56 Å². The Bertz CT molecular complexity index is 786. The van der Waals surface area contributed by atoms with Crippen molar-refractivity contribution in [1.82, 2.24) is 9.55 Å². The van der Waals surface area contributed by atoms with Crippen LogP contribution >= 0.6 is 7.60 Å². The van der Waals surface area contributed by atoms with Gasteiger partial charge in [0.15, 0.2) is 0 Å². The zero-order valence-corrected chi connectivity index (χ0v) is 15.2. The van der Waals surface area contributed by atoms with E-state index in [0.29, 0.717) is 0 Å². The first-order chi connectivity index (χ1) is 12.1. The van der Waals surface area contributed by atoms with Gasteiger partial charge in [0.1, 0.15) is 6.23 Å². The Morgan fingerprint density at radius 2 is 2.04 bits per heavy atom. The largest absolute Gasteiger partial charge is 0.399 e. The van der Waals surface area contributed by atoms with Crippen molar-refractivity contribution < 1.29 is 32.2 Å². The molecule has 9 nitrogen and oxygen atoms in total. The molecule has 1 saturated heterocycles. The SMILES string of the molecule is CCOP(=O)(OCC)C(F)(F)C[C@@]1(O)CO[C@@H](n2ccc(=O)[nH]c2=O)C1. The van der Waals surface area contributed by atoms with Crippen molar-refractivity contribution >= 4 is 7.60 Å². The predicted octanol–water partition coefficient (Wildman–Crippen LogP) is 1.44. The lowest BCUT2D eigenvalue weighted by molar-refractivity contribution is -0.0614. The Kier molecular flexibility index (Phi) is 6.19. The Morgan fingerprint density at radius 3 is 2.58 bits per heavy atom. The highest BCUT2D eigenvalue weighted by Crippen LogP contribution is 2.64. The highest BCUT2D eigenvalue weighted by atomic mass is 31.2. The van der Waals surface area contributed by atoms with Crippen molar-refractivity contribution in [2.75, 3.05) is 19.8 Å². The van der Waals surface area contributed by atoms with Gasteiger partial charge >= 0.3 is 18.9 Å². The lowest BCUT2D eigenvalue weighted by Crippen LogP contribution is -2.38. The number of aromatic nitrogens is 2. The monoisotopic (exact) mass is 398 g/mol. The smallest absolute Gasteiger partial charge is 0.387 e. The topological polar surface area (TPSA) is 120 Å². The Balaban J connectivity index is 2.20. The van der Waals surface area contributed by atoms with Gasteiger partial charge < -0.3 is 18.9 Å². The molecule has 2 rings (SSSR count). The van der Waals surface area contributed by atoms with Gasteiger partial charge in [-0.2, -0.15) is 8.78 Å². The fraction of sp³-hybridized carbons (Fsp3) is 0.714. The number of hydrogen-bond acceptors (Lipinski definition) is 7. The molecule has 0 spiro atoms. The molecule has 26 heavy (non-hydrogen) atoms. The standard InChI is InChI=1S/C14H21F2N2O7P/c1-3-24-26(22,25-4-2)14(15,16)8-13(21)7-11(23-9-13)18-6-5-10(19)17-12(18)20/h5-6,11,21H,3-4,7-9H2,1-2H3,(H,17,19,20)/t11-,13-/m1/s1. The first kappa shape index (κ1) is 20.9. The van der Waals surface area contributed by atoms with Crippen molar-refractivity contribution in [3.8, 4) is 0 Å². The van der Waals surface area contributed by atoms with Crippen LogP contribution in [0, 0.1) is 0 Å². The molecule has 0 unspecified atom stereocenters. The average molecular weight is 398 g/mol. The summed E-state index contributed by atoms with van der Waals surface area (Å²) in [7, 11) is -4.79. The van der Waals surface area contributed by atoms with E-state index in [4.69, 9.17) is 4.74 Å². The highest BCUT2D eigenvalue weighted by Gasteiger charge is 2.58. The highest BCUT2D eigenvalue weighted by molar-refractivity contribution is 7.55. The summed E-state index contributed by atoms with van der Waals surface area (Å²) in [6.45, 7) is 1.77. The molecule has 0 aliphatic carbocycles. The van der Waals surface area contributed by atoms with E-state index >= 15 is 0 Å². The summed E-state index contributed by atoms with van der Waals surface area (Å²) in [5.41, 5.74) is -7.44. The molecule has 2 N–H and O–H groups in total. The number of hydrogen-bond donors (Lipinski definition) is 2. The second kappa shape index (κ2) is 7.69. The van der Waals surface area contributed by atoms with E-state index < -0.39 is 49.4 Å². The van der Waals surface area contributed by atoms with Crippen LogP contribution in [0.15, 0.2) is 21.9 Å². The van der Waals surface area contributed by atoms with E-state index in [1.807, 2.05) is 4.98 Å². The van der Waals surface area contributed by atoms with Crippen LogP contribution in [0.5, 0.6) is 0 Å². The maximum Gasteiger partial charge on any atom is 0.399 e. The van der Waals surface area contributed by atoms with Crippen LogP contribution in [0.3, 0.4) is 0 Å². The third kappa shape index (κ3) is 4.29. The molecule has 1 aliphatic rings. The van der Waals surface area contributed by atoms with E-state index in [1.54, 1.807) is 0 Å². The normalized spacial score (nSPS) is 24.1. The molecule has 0 amide bonds. The zero-order chi connectivity index (χ0) is 19.6. The van der Waals surface area contributed by atoms with Crippen molar-refractivity contribution in [2.24, 2.45) is 0 Å². The van der Waals surface area contributed by atoms with Crippen LogP contribution in [-0.2, 0) is 18.3 Å².